The highest BCUT2D eigenvalue weighted by Gasteiger charge is 2.08. The Kier molecular flexibility index (Phi) is 3.22. The summed E-state index contributed by atoms with van der Waals surface area (Å²) in [5, 5.41) is 20.8. The zero-order valence-electron chi connectivity index (χ0n) is 9.64. The van der Waals surface area contributed by atoms with Crippen LogP contribution in [0.25, 0.3) is 11.1 Å². The van der Waals surface area contributed by atoms with Crippen LogP contribution in [0.4, 0.5) is 5.69 Å². The van der Waals surface area contributed by atoms with Crippen LogP contribution in [0.3, 0.4) is 0 Å². The molecule has 0 fully saturated rings. The lowest BCUT2D eigenvalue weighted by Crippen LogP contribution is -1.96. The highest BCUT2D eigenvalue weighted by atomic mass is 16.3. The molecule has 2 rings (SSSR count). The van der Waals surface area contributed by atoms with E-state index in [1.807, 2.05) is 6.92 Å². The highest BCUT2D eigenvalue weighted by molar-refractivity contribution is 6.10. The maximum absolute atomic E-state index is 8.58. The number of nitrogens with one attached hydrogen (secondary N) is 1. The van der Waals surface area contributed by atoms with Crippen molar-refractivity contribution >= 4 is 22.5 Å². The molecule has 0 radical (unpaired) electrons. The third-order valence-corrected chi connectivity index (χ3v) is 2.27. The number of oxazole rings is 1. The molecule has 0 aliphatic rings. The number of hydrogen-bond donors (Lipinski definition) is 1. The average molecular weight is 239 g/mol. The van der Waals surface area contributed by atoms with Gasteiger partial charge in [0.1, 0.15) is 17.7 Å². The van der Waals surface area contributed by atoms with Gasteiger partial charge in [0.2, 0.25) is 5.71 Å². The molecular weight excluding hydrogens is 230 g/mol. The third-order valence-electron chi connectivity index (χ3n) is 2.27. The van der Waals surface area contributed by atoms with Gasteiger partial charge < -0.3 is 4.42 Å². The fraction of sp³-hybridized carbons (Fsp3) is 0.167. The third kappa shape index (κ3) is 2.13. The van der Waals surface area contributed by atoms with Crippen LogP contribution in [-0.2, 0) is 6.42 Å². The van der Waals surface area contributed by atoms with Crippen LogP contribution < -0.4 is 5.43 Å². The normalized spacial score (nSPS) is 9.50. The van der Waals surface area contributed by atoms with Crippen LogP contribution in [0.5, 0.6) is 0 Å². The smallest absolute Gasteiger partial charge is 0.237 e. The maximum Gasteiger partial charge on any atom is 0.237 e. The second kappa shape index (κ2) is 4.98. The van der Waals surface area contributed by atoms with E-state index in [-0.39, 0.29) is 5.71 Å². The van der Waals surface area contributed by atoms with Crippen molar-refractivity contribution in [1.29, 1.82) is 10.5 Å². The molecule has 0 saturated carbocycles. The van der Waals surface area contributed by atoms with Gasteiger partial charge in [0.05, 0.1) is 5.69 Å². The molecule has 6 nitrogen and oxygen atoms in total. The number of rotatable bonds is 3. The summed E-state index contributed by atoms with van der Waals surface area (Å²) < 4.78 is 5.49. The second-order valence-corrected chi connectivity index (χ2v) is 3.41. The van der Waals surface area contributed by atoms with E-state index in [9.17, 15) is 0 Å². The van der Waals surface area contributed by atoms with Gasteiger partial charge in [-0.2, -0.15) is 15.6 Å². The minimum atomic E-state index is -0.244. The van der Waals surface area contributed by atoms with Gasteiger partial charge in [0.15, 0.2) is 11.5 Å². The molecule has 0 amide bonds. The van der Waals surface area contributed by atoms with E-state index < -0.39 is 0 Å². The van der Waals surface area contributed by atoms with Gasteiger partial charge in [-0.25, -0.2) is 4.98 Å². The summed E-state index contributed by atoms with van der Waals surface area (Å²) in [7, 11) is 0. The molecule has 0 spiro atoms. The molecule has 0 unspecified atom stereocenters. The van der Waals surface area contributed by atoms with Crippen molar-refractivity contribution in [1.82, 2.24) is 4.98 Å². The van der Waals surface area contributed by atoms with Gasteiger partial charge in [0, 0.05) is 6.42 Å². The monoisotopic (exact) mass is 239 g/mol. The number of aromatic nitrogens is 1. The fourth-order valence-electron chi connectivity index (χ4n) is 1.43. The topological polar surface area (TPSA) is 98.0 Å². The molecule has 1 aromatic carbocycles. The Bertz CT molecular complexity index is 671. The number of hydrazone groups is 1. The summed E-state index contributed by atoms with van der Waals surface area (Å²) in [5.41, 5.74) is 4.27. The van der Waals surface area contributed by atoms with Crippen LogP contribution in [0, 0.1) is 22.7 Å². The Morgan fingerprint density at radius 3 is 2.89 bits per heavy atom. The molecule has 2 aromatic rings. The lowest BCUT2D eigenvalue weighted by atomic mass is 10.3. The van der Waals surface area contributed by atoms with Crippen molar-refractivity contribution in [3.05, 3.63) is 24.1 Å². The van der Waals surface area contributed by atoms with Crippen LogP contribution in [0.1, 0.15) is 12.8 Å². The standard InChI is InChI=1S/C12H9N5O/c1-2-11-15-12-9(4-3-5-10(12)18-11)17-16-8(6-13)7-14/h3-5,17H,2H2,1H3. The zero-order valence-corrected chi connectivity index (χ0v) is 9.64. The molecule has 88 valence electrons. The van der Waals surface area contributed by atoms with E-state index in [4.69, 9.17) is 14.9 Å². The number of hydrogen-bond acceptors (Lipinski definition) is 6. The van der Waals surface area contributed by atoms with E-state index >= 15 is 0 Å². The minimum Gasteiger partial charge on any atom is -0.441 e. The molecule has 1 aromatic heterocycles. The summed E-state index contributed by atoms with van der Waals surface area (Å²) in [6.45, 7) is 1.94. The molecule has 1 N–H and O–H groups in total. The Morgan fingerprint density at radius 1 is 1.44 bits per heavy atom. The minimum absolute atomic E-state index is 0.244. The van der Waals surface area contributed by atoms with Crippen molar-refractivity contribution in [3.63, 3.8) is 0 Å². The van der Waals surface area contributed by atoms with Crippen molar-refractivity contribution in [2.75, 3.05) is 5.43 Å². The first-order valence-corrected chi connectivity index (χ1v) is 5.30. The molecule has 0 atom stereocenters. The average Bonchev–Trinajstić information content (AvgIpc) is 2.83. The van der Waals surface area contributed by atoms with Crippen molar-refractivity contribution in [3.8, 4) is 12.1 Å². The number of aryl methyl sites for hydroxylation is 1. The zero-order chi connectivity index (χ0) is 13.0. The Hall–Kier alpha value is -2.86. The SMILES string of the molecule is CCc1nc2c(NN=C(C#N)C#N)cccc2o1. The molecular formula is C12H9N5O. The predicted molar refractivity (Wildman–Crippen MR) is 65.7 cm³/mol. The van der Waals surface area contributed by atoms with E-state index in [2.05, 4.69) is 15.5 Å². The first-order valence-electron chi connectivity index (χ1n) is 5.30. The molecule has 0 aliphatic carbocycles. The molecule has 0 saturated heterocycles. The van der Waals surface area contributed by atoms with Crippen LogP contribution >= 0.6 is 0 Å². The van der Waals surface area contributed by atoms with E-state index in [1.165, 1.54) is 0 Å². The van der Waals surface area contributed by atoms with Gasteiger partial charge in [-0.15, -0.1) is 0 Å². The van der Waals surface area contributed by atoms with Crippen molar-refractivity contribution in [2.24, 2.45) is 5.10 Å². The van der Waals surface area contributed by atoms with Crippen molar-refractivity contribution < 1.29 is 4.42 Å². The molecule has 18 heavy (non-hydrogen) atoms. The van der Waals surface area contributed by atoms with E-state index in [0.717, 1.165) is 0 Å². The lowest BCUT2D eigenvalue weighted by Gasteiger charge is -1.98. The quantitative estimate of drug-likeness (QED) is 0.654. The summed E-state index contributed by atoms with van der Waals surface area (Å²) in [5.74, 6) is 0.629. The maximum atomic E-state index is 8.58. The number of nitrogens with zero attached hydrogens (tertiary/aromatic N) is 4. The van der Waals surface area contributed by atoms with E-state index in [0.29, 0.717) is 29.1 Å². The van der Waals surface area contributed by atoms with Crippen LogP contribution in [0.2, 0.25) is 0 Å². The second-order valence-electron chi connectivity index (χ2n) is 3.41. The van der Waals surface area contributed by atoms with Crippen LogP contribution in [-0.4, -0.2) is 10.7 Å². The highest BCUT2D eigenvalue weighted by Crippen LogP contribution is 2.23. The summed E-state index contributed by atoms with van der Waals surface area (Å²) in [6.07, 6.45) is 0.693. The van der Waals surface area contributed by atoms with Crippen LogP contribution in [0.15, 0.2) is 27.7 Å². The number of para-hydroxylation sites is 1. The van der Waals surface area contributed by atoms with Gasteiger partial charge in [-0.05, 0) is 12.1 Å². The number of anilines is 1. The fourth-order valence-corrected chi connectivity index (χ4v) is 1.43. The Morgan fingerprint density at radius 2 is 2.22 bits per heavy atom. The Balaban J connectivity index is 2.40. The molecule has 6 heteroatoms. The number of fused-ring (bicyclic) bond motifs is 1. The van der Waals surface area contributed by atoms with E-state index in [1.54, 1.807) is 30.3 Å². The lowest BCUT2D eigenvalue weighted by molar-refractivity contribution is 0.538. The van der Waals surface area contributed by atoms with Gasteiger partial charge >= 0.3 is 0 Å². The predicted octanol–water partition coefficient (Wildman–Crippen LogP) is 2.21. The number of nitriles is 2. The molecule has 0 bridgehead atoms. The van der Waals surface area contributed by atoms with Gasteiger partial charge in [0.25, 0.3) is 0 Å². The van der Waals surface area contributed by atoms with Gasteiger partial charge in [-0.3, -0.25) is 5.43 Å². The first-order chi connectivity index (χ1) is 8.78. The first kappa shape index (κ1) is 11.6. The summed E-state index contributed by atoms with van der Waals surface area (Å²) >= 11 is 0. The largest absolute Gasteiger partial charge is 0.441 e. The number of benzene rings is 1. The summed E-state index contributed by atoms with van der Waals surface area (Å²) in [6, 6.07) is 8.67. The Labute approximate surface area is 103 Å². The van der Waals surface area contributed by atoms with Crippen molar-refractivity contribution in [2.45, 2.75) is 13.3 Å². The molecule has 0 aliphatic heterocycles. The molecule has 1 heterocycles. The van der Waals surface area contributed by atoms with Gasteiger partial charge in [-0.1, -0.05) is 13.0 Å². The summed E-state index contributed by atoms with van der Waals surface area (Å²) in [4.78, 5) is 4.30.